The molecule has 2 fully saturated rings. The fourth-order valence-corrected chi connectivity index (χ4v) is 3.81. The van der Waals surface area contributed by atoms with E-state index in [0.29, 0.717) is 18.8 Å². The van der Waals surface area contributed by atoms with E-state index >= 15 is 0 Å². The SMILES string of the molecule is CC(C)(C)c1ccc(O)c(NC(=O)C2CCCN(C(=O)N3CCCC3)C2)c1. The Labute approximate surface area is 161 Å². The van der Waals surface area contributed by atoms with E-state index in [1.807, 2.05) is 21.9 Å². The van der Waals surface area contributed by atoms with Crippen molar-refractivity contribution in [3.63, 3.8) is 0 Å². The second-order valence-corrected chi connectivity index (χ2v) is 8.73. The van der Waals surface area contributed by atoms with Gasteiger partial charge < -0.3 is 20.2 Å². The highest BCUT2D eigenvalue weighted by Crippen LogP contribution is 2.31. The monoisotopic (exact) mass is 373 g/mol. The average Bonchev–Trinajstić information content (AvgIpc) is 3.16. The number of carbonyl (C=O) groups excluding carboxylic acids is 2. The number of piperidine rings is 1. The van der Waals surface area contributed by atoms with Crippen molar-refractivity contribution in [3.05, 3.63) is 23.8 Å². The van der Waals surface area contributed by atoms with E-state index in [0.717, 1.165) is 44.3 Å². The maximum atomic E-state index is 12.8. The minimum absolute atomic E-state index is 0.0579. The summed E-state index contributed by atoms with van der Waals surface area (Å²) in [5.74, 6) is -0.310. The van der Waals surface area contributed by atoms with Crippen LogP contribution in [0.25, 0.3) is 0 Å². The quantitative estimate of drug-likeness (QED) is 0.779. The number of phenolic OH excluding ortho intramolecular Hbond substituents is 1. The fourth-order valence-electron chi connectivity index (χ4n) is 3.81. The van der Waals surface area contributed by atoms with Crippen LogP contribution >= 0.6 is 0 Å². The summed E-state index contributed by atoms with van der Waals surface area (Å²) in [5.41, 5.74) is 1.41. The Kier molecular flexibility index (Phi) is 5.63. The van der Waals surface area contributed by atoms with Gasteiger partial charge in [0.15, 0.2) is 0 Å². The van der Waals surface area contributed by atoms with Gasteiger partial charge in [-0.2, -0.15) is 0 Å². The highest BCUT2D eigenvalue weighted by Gasteiger charge is 2.32. The molecule has 0 radical (unpaired) electrons. The smallest absolute Gasteiger partial charge is 0.320 e. The lowest BCUT2D eigenvalue weighted by atomic mass is 9.86. The average molecular weight is 373 g/mol. The van der Waals surface area contributed by atoms with E-state index in [1.165, 1.54) is 0 Å². The first kappa shape index (κ1) is 19.5. The Morgan fingerprint density at radius 3 is 2.41 bits per heavy atom. The van der Waals surface area contributed by atoms with Gasteiger partial charge >= 0.3 is 6.03 Å². The Bertz CT molecular complexity index is 705. The first-order chi connectivity index (χ1) is 12.8. The zero-order valence-corrected chi connectivity index (χ0v) is 16.6. The van der Waals surface area contributed by atoms with Crippen LogP contribution in [0.2, 0.25) is 0 Å². The number of benzene rings is 1. The first-order valence-corrected chi connectivity index (χ1v) is 9.94. The van der Waals surface area contributed by atoms with Gasteiger partial charge in [0.25, 0.3) is 0 Å². The lowest BCUT2D eigenvalue weighted by molar-refractivity contribution is -0.121. The third-order valence-corrected chi connectivity index (χ3v) is 5.56. The Hall–Kier alpha value is -2.24. The number of hydrogen-bond donors (Lipinski definition) is 2. The van der Waals surface area contributed by atoms with Crippen molar-refractivity contribution in [3.8, 4) is 5.75 Å². The molecule has 2 N–H and O–H groups in total. The number of anilines is 1. The lowest BCUT2D eigenvalue weighted by Gasteiger charge is -2.34. The topological polar surface area (TPSA) is 72.9 Å². The van der Waals surface area contributed by atoms with Crippen LogP contribution in [-0.2, 0) is 10.2 Å². The molecule has 6 nitrogen and oxygen atoms in total. The zero-order valence-electron chi connectivity index (χ0n) is 16.6. The molecule has 6 heteroatoms. The molecule has 148 valence electrons. The summed E-state index contributed by atoms with van der Waals surface area (Å²) in [6.45, 7) is 9.07. The van der Waals surface area contributed by atoms with Crippen molar-refractivity contribution in [1.29, 1.82) is 0 Å². The normalized spacial score (nSPS) is 20.6. The largest absolute Gasteiger partial charge is 0.506 e. The predicted molar refractivity (Wildman–Crippen MR) is 106 cm³/mol. The predicted octanol–water partition coefficient (Wildman–Crippen LogP) is 3.56. The molecule has 1 aromatic carbocycles. The molecular formula is C21H31N3O3. The van der Waals surface area contributed by atoms with Crippen LogP contribution in [0.15, 0.2) is 18.2 Å². The van der Waals surface area contributed by atoms with Crippen LogP contribution < -0.4 is 5.32 Å². The van der Waals surface area contributed by atoms with Crippen LogP contribution in [0.1, 0.15) is 52.0 Å². The number of urea groups is 1. The molecule has 1 atom stereocenters. The second kappa shape index (κ2) is 7.79. The van der Waals surface area contributed by atoms with Crippen LogP contribution in [0, 0.1) is 5.92 Å². The summed E-state index contributed by atoms with van der Waals surface area (Å²) in [6.07, 6.45) is 3.71. The van der Waals surface area contributed by atoms with Crippen LogP contribution in [0.3, 0.4) is 0 Å². The molecule has 3 amide bonds. The zero-order chi connectivity index (χ0) is 19.6. The van der Waals surface area contributed by atoms with Crippen molar-refractivity contribution in [2.45, 2.75) is 51.9 Å². The van der Waals surface area contributed by atoms with E-state index in [2.05, 4.69) is 26.1 Å². The van der Waals surface area contributed by atoms with E-state index < -0.39 is 0 Å². The maximum Gasteiger partial charge on any atom is 0.320 e. The van der Waals surface area contributed by atoms with Gasteiger partial charge in [0, 0.05) is 26.2 Å². The third kappa shape index (κ3) is 4.54. The Morgan fingerprint density at radius 2 is 1.74 bits per heavy atom. The van der Waals surface area contributed by atoms with E-state index in [-0.39, 0.29) is 29.0 Å². The molecule has 0 spiro atoms. The molecule has 0 bridgehead atoms. The molecule has 2 aliphatic rings. The number of hydrogen-bond acceptors (Lipinski definition) is 3. The number of likely N-dealkylation sites (tertiary alicyclic amines) is 2. The molecule has 2 aliphatic heterocycles. The summed E-state index contributed by atoms with van der Waals surface area (Å²) in [6, 6.07) is 5.40. The van der Waals surface area contributed by atoms with Gasteiger partial charge in [0.05, 0.1) is 11.6 Å². The lowest BCUT2D eigenvalue weighted by Crippen LogP contribution is -2.48. The molecule has 0 aliphatic carbocycles. The van der Waals surface area contributed by atoms with Crippen LogP contribution in [0.4, 0.5) is 10.5 Å². The van der Waals surface area contributed by atoms with Gasteiger partial charge in [-0.1, -0.05) is 26.8 Å². The van der Waals surface area contributed by atoms with E-state index in [9.17, 15) is 14.7 Å². The molecule has 1 aromatic rings. The van der Waals surface area contributed by atoms with Gasteiger partial charge in [-0.15, -0.1) is 0 Å². The van der Waals surface area contributed by atoms with Crippen molar-refractivity contribution in [2.75, 3.05) is 31.5 Å². The van der Waals surface area contributed by atoms with Gasteiger partial charge in [-0.05, 0) is 48.8 Å². The molecule has 2 saturated heterocycles. The van der Waals surface area contributed by atoms with Gasteiger partial charge in [-0.25, -0.2) is 4.79 Å². The number of aromatic hydroxyl groups is 1. The number of carbonyl (C=O) groups is 2. The highest BCUT2D eigenvalue weighted by atomic mass is 16.3. The van der Waals surface area contributed by atoms with Gasteiger partial charge in [0.1, 0.15) is 5.75 Å². The van der Waals surface area contributed by atoms with Gasteiger partial charge in [0.2, 0.25) is 5.91 Å². The summed E-state index contributed by atoms with van der Waals surface area (Å²) in [5, 5.41) is 13.0. The van der Waals surface area contributed by atoms with E-state index in [4.69, 9.17) is 0 Å². The number of phenols is 1. The summed E-state index contributed by atoms with van der Waals surface area (Å²) in [4.78, 5) is 29.1. The Balaban J connectivity index is 1.66. The third-order valence-electron chi connectivity index (χ3n) is 5.56. The second-order valence-electron chi connectivity index (χ2n) is 8.73. The minimum Gasteiger partial charge on any atom is -0.506 e. The maximum absolute atomic E-state index is 12.8. The Morgan fingerprint density at radius 1 is 1.07 bits per heavy atom. The van der Waals surface area contributed by atoms with Crippen molar-refractivity contribution >= 4 is 17.6 Å². The summed E-state index contributed by atoms with van der Waals surface area (Å²) in [7, 11) is 0. The molecular weight excluding hydrogens is 342 g/mol. The minimum atomic E-state index is -0.247. The molecule has 1 unspecified atom stereocenters. The molecule has 27 heavy (non-hydrogen) atoms. The van der Waals surface area contributed by atoms with E-state index in [1.54, 1.807) is 6.07 Å². The molecule has 2 heterocycles. The molecule has 3 rings (SSSR count). The first-order valence-electron chi connectivity index (χ1n) is 9.94. The van der Waals surface area contributed by atoms with Crippen molar-refractivity contribution in [2.24, 2.45) is 5.92 Å². The van der Waals surface area contributed by atoms with Crippen LogP contribution in [0.5, 0.6) is 5.75 Å². The van der Waals surface area contributed by atoms with Gasteiger partial charge in [-0.3, -0.25) is 4.79 Å². The summed E-state index contributed by atoms with van der Waals surface area (Å²) >= 11 is 0. The molecule has 0 saturated carbocycles. The number of nitrogens with one attached hydrogen (secondary N) is 1. The van der Waals surface area contributed by atoms with Crippen molar-refractivity contribution in [1.82, 2.24) is 9.80 Å². The number of nitrogens with zero attached hydrogens (tertiary/aromatic N) is 2. The summed E-state index contributed by atoms with van der Waals surface area (Å²) < 4.78 is 0. The number of amides is 3. The highest BCUT2D eigenvalue weighted by molar-refractivity contribution is 5.94. The van der Waals surface area contributed by atoms with Crippen LogP contribution in [-0.4, -0.2) is 53.0 Å². The van der Waals surface area contributed by atoms with Crippen molar-refractivity contribution < 1.29 is 14.7 Å². The fraction of sp³-hybridized carbons (Fsp3) is 0.619. The molecule has 0 aromatic heterocycles. The standard InChI is InChI=1S/C21H31N3O3/c1-21(2,3)16-8-9-18(25)17(13-16)22-19(26)15-7-6-12-24(14-15)20(27)23-10-4-5-11-23/h8-9,13,15,25H,4-7,10-12,14H2,1-3H3,(H,22,26). The number of rotatable bonds is 2.